The number of nitriles is 1. The molecule has 5 atom stereocenters. The maximum Gasteiger partial charge on any atom is 0.259 e. The Morgan fingerprint density at radius 2 is 1.40 bits per heavy atom. The molecule has 1 N–H and O–H groups in total. The molecule has 0 bridgehead atoms. The van der Waals surface area contributed by atoms with Crippen LogP contribution in [-0.2, 0) is 28.5 Å². The van der Waals surface area contributed by atoms with Crippen molar-refractivity contribution in [3.8, 4) is 17.6 Å². The summed E-state index contributed by atoms with van der Waals surface area (Å²) in [6, 6.07) is 37.1. The van der Waals surface area contributed by atoms with Crippen molar-refractivity contribution in [3.05, 3.63) is 144 Å². The Balaban J connectivity index is 1.40. The molecular weight excluding hydrogens is 922 g/mol. The Bertz CT molecular complexity index is 2620. The van der Waals surface area contributed by atoms with Gasteiger partial charge in [-0.15, -0.1) is 0 Å². The summed E-state index contributed by atoms with van der Waals surface area (Å²) in [7, 11) is -1.19. The predicted molar refractivity (Wildman–Crippen MR) is 274 cm³/mol. The number of ether oxygens (including phenoxy) is 4. The molecule has 2 aromatic heterocycles. The second-order valence-corrected chi connectivity index (χ2v) is 25.4. The van der Waals surface area contributed by atoms with Crippen molar-refractivity contribution in [3.63, 3.8) is 0 Å². The number of hydrogen-bond donors (Lipinski definition) is 1. The highest BCUT2D eigenvalue weighted by Gasteiger charge is 2.54. The monoisotopic (exact) mass is 987 g/mol. The Labute approximate surface area is 414 Å². The molecule has 3 unspecified atom stereocenters. The molecule has 0 saturated carbocycles. The lowest BCUT2D eigenvalue weighted by molar-refractivity contribution is -0.0928. The maximum atomic E-state index is 13.5. The van der Waals surface area contributed by atoms with E-state index in [4.69, 9.17) is 42.4 Å². The van der Waals surface area contributed by atoms with Gasteiger partial charge in [0.1, 0.15) is 41.7 Å². The zero-order valence-corrected chi connectivity index (χ0v) is 43.9. The third-order valence-corrected chi connectivity index (χ3v) is 19.5. The molecule has 17 heteroatoms. The van der Waals surface area contributed by atoms with E-state index in [-0.39, 0.29) is 48.5 Å². The molecule has 1 amide bonds. The topological polar surface area (TPSA) is 164 Å². The average molecular weight is 988 g/mol. The summed E-state index contributed by atoms with van der Waals surface area (Å²) in [4.78, 5) is 27.5. The summed E-state index contributed by atoms with van der Waals surface area (Å²) in [6.07, 6.45) is -0.0636. The second-order valence-electron chi connectivity index (χ2n) is 19.2. The van der Waals surface area contributed by atoms with Gasteiger partial charge < -0.3 is 37.7 Å². The number of anilines is 1. The Morgan fingerprint density at radius 1 is 0.829 bits per heavy atom. The molecule has 1 aliphatic rings. The Hall–Kier alpha value is -5.60. The summed E-state index contributed by atoms with van der Waals surface area (Å²) in [5.74, 6) is 1.30. The van der Waals surface area contributed by atoms with E-state index in [1.807, 2.05) is 77.4 Å². The number of nitrogens with one attached hydrogen (secondary N) is 1. The summed E-state index contributed by atoms with van der Waals surface area (Å²) < 4.78 is 51.7. The van der Waals surface area contributed by atoms with E-state index in [1.54, 1.807) is 44.8 Å². The minimum absolute atomic E-state index is 0.00550. The largest absolute Gasteiger partial charge is 0.497 e. The van der Waals surface area contributed by atoms with Gasteiger partial charge in [0.15, 0.2) is 31.5 Å². The van der Waals surface area contributed by atoms with Gasteiger partial charge >= 0.3 is 0 Å². The minimum atomic E-state index is -2.65. The molecule has 4 aromatic carbocycles. The lowest BCUT2D eigenvalue weighted by Gasteiger charge is -2.43. The van der Waals surface area contributed by atoms with Crippen molar-refractivity contribution >= 4 is 39.7 Å². The number of carbonyl (C=O) groups is 1. The molecule has 0 spiro atoms. The molecule has 70 heavy (non-hydrogen) atoms. The molecule has 3 heterocycles. The van der Waals surface area contributed by atoms with Crippen molar-refractivity contribution in [1.82, 2.24) is 24.2 Å². The molecule has 15 nitrogen and oxygen atoms in total. The highest BCUT2D eigenvalue weighted by atomic mass is 31.2. The fourth-order valence-corrected chi connectivity index (χ4v) is 11.5. The molecule has 1 aliphatic heterocycles. The van der Waals surface area contributed by atoms with E-state index in [2.05, 4.69) is 94.7 Å². The molecule has 370 valence electrons. The average Bonchev–Trinajstić information content (AvgIpc) is 3.93. The lowest BCUT2D eigenvalue weighted by Crippen LogP contribution is -2.51. The SMILES string of the molecule is COc1ccc(C(OC[C@H]2O[C@@H](n3cnc4c(NC(=O)c5ccccc5)ncnc43)C(OP(OCCC#N)N(C(C)C)C(C)C)C2O[Si](C)(C)C(C)(C)C)(c2ccccc2)c2ccc(OC)cc2)cc1. The first-order valence-electron chi connectivity index (χ1n) is 23.6. The fraction of sp³-hybridized carbons (Fsp3) is 0.415. The van der Waals surface area contributed by atoms with Crippen LogP contribution < -0.4 is 14.8 Å². The van der Waals surface area contributed by atoms with Crippen LogP contribution in [0.4, 0.5) is 5.82 Å². The van der Waals surface area contributed by atoms with Crippen LogP contribution in [0.15, 0.2) is 122 Å². The van der Waals surface area contributed by atoms with E-state index in [9.17, 15) is 10.1 Å². The molecule has 6 aromatic rings. The number of aromatic nitrogens is 4. The number of nitrogens with zero attached hydrogens (tertiary/aromatic N) is 6. The van der Waals surface area contributed by atoms with Gasteiger partial charge in [0.05, 0.1) is 46.3 Å². The Morgan fingerprint density at radius 3 is 1.94 bits per heavy atom. The van der Waals surface area contributed by atoms with Crippen LogP contribution in [-0.4, -0.2) is 96.2 Å². The highest BCUT2D eigenvalue weighted by Crippen LogP contribution is 2.53. The van der Waals surface area contributed by atoms with Crippen molar-refractivity contribution in [2.24, 2.45) is 0 Å². The van der Waals surface area contributed by atoms with Gasteiger partial charge in [-0.2, -0.15) is 5.26 Å². The van der Waals surface area contributed by atoms with Crippen LogP contribution in [0.5, 0.6) is 11.5 Å². The standard InChI is InChI=1S/C53H66N7O8PSi/c1-36(2)60(37(3)4)69(65-32-18-31-54)67-47-46(68-70(10,11)52(5,6)7)44(66-51(47)59-35-57-45-48(55-34-56-49(45)59)58-50(61)38-19-14-12-15-20-38)33-64-53(39-21-16-13-17-22-39,40-23-27-42(62-8)28-24-40)41-25-29-43(63-9)30-26-41/h12-17,19-30,34-37,44,46-47,51H,18,32-33H2,1-11H3,(H,55,56,58,61)/t44-,46?,47?,51-,69?/m1/s1. The Kier molecular flexibility index (Phi) is 16.9. The first-order chi connectivity index (χ1) is 33.5. The smallest absolute Gasteiger partial charge is 0.259 e. The van der Waals surface area contributed by atoms with Gasteiger partial charge in [-0.3, -0.25) is 9.36 Å². The molecule has 0 aliphatic carbocycles. The first-order valence-corrected chi connectivity index (χ1v) is 27.7. The summed E-state index contributed by atoms with van der Waals surface area (Å²) >= 11 is 0. The number of amides is 1. The number of imidazole rings is 1. The second kappa shape index (κ2) is 22.6. The fourth-order valence-electron chi connectivity index (χ4n) is 8.42. The van der Waals surface area contributed by atoms with Crippen LogP contribution in [0.2, 0.25) is 18.1 Å². The normalized spacial score (nSPS) is 18.1. The van der Waals surface area contributed by atoms with Crippen molar-refractivity contribution < 1.29 is 37.2 Å². The van der Waals surface area contributed by atoms with Crippen LogP contribution in [0, 0.1) is 11.3 Å². The summed E-state index contributed by atoms with van der Waals surface area (Å²) in [6.45, 7) is 19.6. The van der Waals surface area contributed by atoms with Crippen molar-refractivity contribution in [1.29, 1.82) is 5.26 Å². The van der Waals surface area contributed by atoms with E-state index >= 15 is 0 Å². The number of benzene rings is 4. The van der Waals surface area contributed by atoms with E-state index in [0.29, 0.717) is 28.2 Å². The van der Waals surface area contributed by atoms with E-state index in [1.165, 1.54) is 6.33 Å². The summed E-state index contributed by atoms with van der Waals surface area (Å²) in [5.41, 5.74) is 2.64. The number of carbonyl (C=O) groups excluding carboxylic acids is 1. The van der Waals surface area contributed by atoms with Crippen LogP contribution >= 0.6 is 8.53 Å². The first kappa shape index (κ1) is 52.2. The maximum absolute atomic E-state index is 13.5. The zero-order valence-electron chi connectivity index (χ0n) is 42.0. The molecular formula is C53H66N7O8PSi. The zero-order chi connectivity index (χ0) is 50.2. The van der Waals surface area contributed by atoms with Gasteiger partial charge in [0.2, 0.25) is 0 Å². The van der Waals surface area contributed by atoms with Crippen molar-refractivity contribution in [2.45, 2.75) is 115 Å². The number of hydrogen-bond acceptors (Lipinski definition) is 13. The number of rotatable bonds is 21. The van der Waals surface area contributed by atoms with Crippen LogP contribution in [0.25, 0.3) is 11.2 Å². The van der Waals surface area contributed by atoms with Crippen LogP contribution in [0.1, 0.15) is 88.2 Å². The minimum Gasteiger partial charge on any atom is -0.497 e. The van der Waals surface area contributed by atoms with E-state index < -0.39 is 47.0 Å². The molecule has 1 saturated heterocycles. The highest BCUT2D eigenvalue weighted by molar-refractivity contribution is 7.44. The lowest BCUT2D eigenvalue weighted by atomic mass is 9.80. The molecule has 0 radical (unpaired) electrons. The third kappa shape index (κ3) is 11.3. The van der Waals surface area contributed by atoms with Gasteiger partial charge in [0, 0.05) is 17.6 Å². The predicted octanol–water partition coefficient (Wildman–Crippen LogP) is 11.1. The van der Waals surface area contributed by atoms with Gasteiger partial charge in [-0.1, -0.05) is 93.6 Å². The quantitative estimate of drug-likeness (QED) is 0.0314. The van der Waals surface area contributed by atoms with Crippen molar-refractivity contribution in [2.75, 3.05) is 32.8 Å². The summed E-state index contributed by atoms with van der Waals surface area (Å²) in [5, 5.41) is 12.4. The third-order valence-electron chi connectivity index (χ3n) is 12.9. The van der Waals surface area contributed by atoms with Crippen LogP contribution in [0.3, 0.4) is 0 Å². The number of fused-ring (bicyclic) bond motifs is 1. The molecule has 1 fully saturated rings. The van der Waals surface area contributed by atoms with Gasteiger partial charge in [-0.05, 0) is 98.9 Å². The molecule has 7 rings (SSSR count). The number of methoxy groups -OCH3 is 2. The van der Waals surface area contributed by atoms with E-state index in [0.717, 1.165) is 16.7 Å². The van der Waals surface area contributed by atoms with Gasteiger partial charge in [0.25, 0.3) is 14.4 Å². The van der Waals surface area contributed by atoms with Gasteiger partial charge in [-0.25, -0.2) is 19.6 Å².